The summed E-state index contributed by atoms with van der Waals surface area (Å²) in [4.78, 5) is 25.1. The van der Waals surface area contributed by atoms with Gasteiger partial charge in [-0.05, 0) is 37.6 Å². The second-order valence-electron chi connectivity index (χ2n) is 7.57. The summed E-state index contributed by atoms with van der Waals surface area (Å²) < 4.78 is 40.6. The molecule has 6 nitrogen and oxygen atoms in total. The molecule has 2 heterocycles. The lowest BCUT2D eigenvalue weighted by molar-refractivity contribution is -0.137. The average Bonchev–Trinajstić information content (AvgIpc) is 3.17. The molecule has 0 saturated carbocycles. The molecule has 3 aromatic rings. The Bertz CT molecular complexity index is 1220. The van der Waals surface area contributed by atoms with Crippen molar-refractivity contribution < 1.29 is 22.8 Å². The summed E-state index contributed by atoms with van der Waals surface area (Å²) >= 11 is 5.61. The monoisotopic (exact) mass is 462 g/mol. The lowest BCUT2D eigenvalue weighted by Gasteiger charge is -2.13. The number of carbonyl (C=O) groups is 2. The molecule has 1 atom stereocenters. The Kier molecular flexibility index (Phi) is 5.46. The van der Waals surface area contributed by atoms with Crippen molar-refractivity contribution in [2.75, 3.05) is 10.6 Å². The number of aryl methyl sites for hydroxylation is 2. The maximum atomic E-state index is 13.1. The van der Waals surface area contributed by atoms with Crippen LogP contribution in [0.1, 0.15) is 29.3 Å². The van der Waals surface area contributed by atoms with E-state index in [9.17, 15) is 22.8 Å². The van der Waals surface area contributed by atoms with Crippen molar-refractivity contribution in [3.8, 4) is 11.1 Å². The van der Waals surface area contributed by atoms with E-state index in [1.807, 2.05) is 31.2 Å². The molecule has 2 aromatic carbocycles. The highest BCUT2D eigenvalue weighted by Gasteiger charge is 2.37. The van der Waals surface area contributed by atoms with Gasteiger partial charge in [0.2, 0.25) is 5.91 Å². The van der Waals surface area contributed by atoms with Crippen LogP contribution in [-0.2, 0) is 15.8 Å². The van der Waals surface area contributed by atoms with Crippen LogP contribution < -0.4 is 10.6 Å². The predicted octanol–water partition coefficient (Wildman–Crippen LogP) is 5.36. The zero-order valence-corrected chi connectivity index (χ0v) is 17.8. The van der Waals surface area contributed by atoms with E-state index in [0.717, 1.165) is 28.8 Å². The Hall–Kier alpha value is -3.33. The van der Waals surface area contributed by atoms with Gasteiger partial charge in [-0.3, -0.25) is 9.59 Å². The molecule has 0 radical (unpaired) electrons. The Balaban J connectivity index is 1.56. The Morgan fingerprint density at radius 3 is 2.53 bits per heavy atom. The highest BCUT2D eigenvalue weighted by molar-refractivity contribution is 6.31. The third-order valence-corrected chi connectivity index (χ3v) is 5.53. The van der Waals surface area contributed by atoms with Gasteiger partial charge in [0.25, 0.3) is 5.91 Å². The summed E-state index contributed by atoms with van der Waals surface area (Å²) in [5, 5.41) is 9.13. The zero-order valence-electron chi connectivity index (χ0n) is 17.0. The topological polar surface area (TPSA) is 76.0 Å². The molecule has 4 rings (SSSR count). The lowest BCUT2D eigenvalue weighted by atomic mass is 10.0. The number of fused-ring (bicyclic) bond motifs is 1. The molecule has 1 unspecified atom stereocenters. The van der Waals surface area contributed by atoms with Crippen molar-refractivity contribution in [1.29, 1.82) is 0 Å². The minimum absolute atomic E-state index is 0.0673. The number of hydrogen-bond donors (Lipinski definition) is 2. The highest BCUT2D eigenvalue weighted by Crippen LogP contribution is 2.39. The van der Waals surface area contributed by atoms with Gasteiger partial charge in [0, 0.05) is 11.3 Å². The number of halogens is 4. The minimum atomic E-state index is -4.66. The Morgan fingerprint density at radius 2 is 1.88 bits per heavy atom. The second-order valence-corrected chi connectivity index (χ2v) is 7.98. The maximum Gasteiger partial charge on any atom is 0.417 e. The molecular weight excluding hydrogens is 445 g/mol. The van der Waals surface area contributed by atoms with E-state index < -0.39 is 34.6 Å². The van der Waals surface area contributed by atoms with Crippen molar-refractivity contribution in [3.63, 3.8) is 0 Å². The Morgan fingerprint density at radius 1 is 1.19 bits per heavy atom. The van der Waals surface area contributed by atoms with Crippen LogP contribution in [0.2, 0.25) is 5.02 Å². The van der Waals surface area contributed by atoms with E-state index in [0.29, 0.717) is 11.5 Å². The van der Waals surface area contributed by atoms with Crippen molar-refractivity contribution >= 4 is 34.9 Å². The third kappa shape index (κ3) is 4.08. The van der Waals surface area contributed by atoms with E-state index in [-0.39, 0.29) is 12.1 Å². The number of hydrogen-bond acceptors (Lipinski definition) is 3. The van der Waals surface area contributed by atoms with E-state index in [4.69, 9.17) is 11.6 Å². The molecule has 0 bridgehead atoms. The molecule has 1 aliphatic heterocycles. The van der Waals surface area contributed by atoms with Crippen LogP contribution in [0.4, 0.5) is 24.7 Å². The van der Waals surface area contributed by atoms with Crippen molar-refractivity contribution in [2.45, 2.75) is 32.5 Å². The molecular formula is C22H18ClF3N4O2. The highest BCUT2D eigenvalue weighted by atomic mass is 35.5. The molecule has 2 N–H and O–H groups in total. The molecule has 10 heteroatoms. The van der Waals surface area contributed by atoms with Crippen LogP contribution in [0.25, 0.3) is 11.1 Å². The van der Waals surface area contributed by atoms with Gasteiger partial charge in [0.05, 0.1) is 22.7 Å². The summed E-state index contributed by atoms with van der Waals surface area (Å²) in [6.45, 7) is 3.77. The molecule has 1 aromatic heterocycles. The zero-order chi connectivity index (χ0) is 23.2. The van der Waals surface area contributed by atoms with E-state index in [1.54, 1.807) is 6.92 Å². The number of aromatic nitrogens is 2. The molecule has 166 valence electrons. The maximum absolute atomic E-state index is 13.1. The molecule has 0 spiro atoms. The minimum Gasteiger partial charge on any atom is -0.326 e. The summed E-state index contributed by atoms with van der Waals surface area (Å²) in [6, 6.07) is 9.90. The van der Waals surface area contributed by atoms with Gasteiger partial charge in [0.15, 0.2) is 0 Å². The molecule has 0 saturated heterocycles. The van der Waals surface area contributed by atoms with Gasteiger partial charge in [-0.2, -0.15) is 18.3 Å². The normalized spacial score (nSPS) is 15.4. The van der Waals surface area contributed by atoms with E-state index in [1.165, 1.54) is 10.7 Å². The average molecular weight is 463 g/mol. The Labute approximate surface area is 186 Å². The summed E-state index contributed by atoms with van der Waals surface area (Å²) in [6.07, 6.45) is -4.95. The quantitative estimate of drug-likeness (QED) is 0.548. The fourth-order valence-corrected chi connectivity index (χ4v) is 3.88. The number of nitrogens with zero attached hydrogens (tertiary/aromatic N) is 2. The van der Waals surface area contributed by atoms with Crippen LogP contribution >= 0.6 is 11.6 Å². The molecule has 2 amide bonds. The summed E-state index contributed by atoms with van der Waals surface area (Å²) in [7, 11) is 0. The second kappa shape index (κ2) is 7.98. The van der Waals surface area contributed by atoms with Gasteiger partial charge in [-0.15, -0.1) is 0 Å². The van der Waals surface area contributed by atoms with E-state index >= 15 is 0 Å². The summed E-state index contributed by atoms with van der Waals surface area (Å²) in [5.41, 5.74) is 2.28. The van der Waals surface area contributed by atoms with Crippen LogP contribution in [0.3, 0.4) is 0 Å². The molecule has 0 aliphatic carbocycles. The number of amides is 2. The molecule has 1 aliphatic rings. The predicted molar refractivity (Wildman–Crippen MR) is 115 cm³/mol. The van der Waals surface area contributed by atoms with Gasteiger partial charge in [-0.25, -0.2) is 4.68 Å². The van der Waals surface area contributed by atoms with Crippen molar-refractivity contribution in [3.05, 3.63) is 64.3 Å². The van der Waals surface area contributed by atoms with Crippen LogP contribution in [0.5, 0.6) is 0 Å². The first kappa shape index (κ1) is 21.9. The fourth-order valence-electron chi connectivity index (χ4n) is 3.66. The van der Waals surface area contributed by atoms with Crippen LogP contribution in [0.15, 0.2) is 42.5 Å². The number of anilines is 2. The van der Waals surface area contributed by atoms with Gasteiger partial charge >= 0.3 is 6.18 Å². The first-order chi connectivity index (χ1) is 15.0. The van der Waals surface area contributed by atoms with E-state index in [2.05, 4.69) is 15.7 Å². The number of rotatable bonds is 4. The van der Waals surface area contributed by atoms with Gasteiger partial charge in [-0.1, -0.05) is 41.4 Å². The van der Waals surface area contributed by atoms with Crippen molar-refractivity contribution in [1.82, 2.24) is 9.78 Å². The van der Waals surface area contributed by atoms with Crippen LogP contribution in [-0.4, -0.2) is 21.6 Å². The standard InChI is InChI=1S/C22H18ClF3N4O2/c1-11-3-5-13(6-4-11)19-12(2)29-30-17(21(32)28-20(19)30)10-18(31)27-14-7-8-16(23)15(9-14)22(24,25)26/h3-9,17H,10H2,1-2H3,(H,27,31)(H,28,32). The van der Waals surface area contributed by atoms with Gasteiger partial charge in [0.1, 0.15) is 11.9 Å². The van der Waals surface area contributed by atoms with Crippen molar-refractivity contribution in [2.24, 2.45) is 0 Å². The number of alkyl halides is 3. The van der Waals surface area contributed by atoms with Gasteiger partial charge < -0.3 is 10.6 Å². The largest absolute Gasteiger partial charge is 0.417 e. The third-order valence-electron chi connectivity index (χ3n) is 5.20. The number of carbonyl (C=O) groups excluding carboxylic acids is 2. The number of benzene rings is 2. The first-order valence-corrected chi connectivity index (χ1v) is 10.1. The summed E-state index contributed by atoms with van der Waals surface area (Å²) in [5.74, 6) is -0.554. The smallest absolute Gasteiger partial charge is 0.326 e. The van der Waals surface area contributed by atoms with Crippen LogP contribution in [0, 0.1) is 13.8 Å². The first-order valence-electron chi connectivity index (χ1n) is 9.68. The fraction of sp³-hybridized carbons (Fsp3) is 0.227. The SMILES string of the molecule is Cc1ccc(-c2c(C)nn3c2NC(=O)C3CC(=O)Nc2ccc(Cl)c(C(F)(F)F)c2)cc1. The molecule has 0 fully saturated rings. The molecule has 32 heavy (non-hydrogen) atoms. The number of nitrogens with one attached hydrogen (secondary N) is 2. The lowest BCUT2D eigenvalue weighted by Crippen LogP contribution is -2.24.